The predicted molar refractivity (Wildman–Crippen MR) is 115 cm³/mol. The number of nitrogens with two attached hydrogens (primary N) is 1. The number of carbonyl (C=O) groups is 3. The van der Waals surface area contributed by atoms with Gasteiger partial charge in [0, 0.05) is 5.38 Å². The lowest BCUT2D eigenvalue weighted by molar-refractivity contribution is -0.161. The lowest BCUT2D eigenvalue weighted by Crippen LogP contribution is -2.73. The van der Waals surface area contributed by atoms with Crippen molar-refractivity contribution in [1.29, 1.82) is 0 Å². The summed E-state index contributed by atoms with van der Waals surface area (Å²) >= 11 is 0.965. The number of carboxylic acid groups (broad SMARTS) is 1. The van der Waals surface area contributed by atoms with Gasteiger partial charge < -0.3 is 21.0 Å². The normalized spacial score (nSPS) is 19.0. The molecule has 0 radical (unpaired) electrons. The fraction of sp³-hybridized carbons (Fsp3) is 0.438. The third-order valence-corrected chi connectivity index (χ3v) is 6.21. The monoisotopic (exact) mass is 516 g/mol. The molecule has 1 fully saturated rings. The number of β-lactam (4-membered cyclic amide) rings is 1. The molecule has 0 bridgehead atoms. The summed E-state index contributed by atoms with van der Waals surface area (Å²) in [4.78, 5) is 49.6. The fourth-order valence-electron chi connectivity index (χ4n) is 2.82. The number of nitrogens with one attached hydrogen (secondary N) is 1. The van der Waals surface area contributed by atoms with Crippen LogP contribution in [0, 0.1) is 6.92 Å². The maximum absolute atomic E-state index is 13.0. The smallest absolute Gasteiger partial charge is 0.362 e. The van der Waals surface area contributed by atoms with Crippen LogP contribution in [0.4, 0.5) is 5.13 Å². The summed E-state index contributed by atoms with van der Waals surface area (Å²) in [5, 5.41) is 20.6. The molecule has 16 nitrogen and oxygen atoms in total. The molecule has 2 aromatic rings. The van der Waals surface area contributed by atoms with Gasteiger partial charge in [-0.25, -0.2) is 19.1 Å². The third kappa shape index (κ3) is 5.13. The zero-order chi connectivity index (χ0) is 25.4. The molecule has 5 N–H and O–H groups in total. The van der Waals surface area contributed by atoms with Crippen LogP contribution in [-0.2, 0) is 36.1 Å². The van der Waals surface area contributed by atoms with Crippen molar-refractivity contribution in [3.8, 4) is 0 Å². The van der Waals surface area contributed by atoms with Gasteiger partial charge >= 0.3 is 16.3 Å². The van der Waals surface area contributed by atoms with Crippen molar-refractivity contribution < 1.29 is 37.3 Å². The molecule has 1 aliphatic rings. The maximum Gasteiger partial charge on any atom is 0.362 e. The van der Waals surface area contributed by atoms with E-state index in [1.165, 1.54) is 30.2 Å². The van der Waals surface area contributed by atoms with Crippen molar-refractivity contribution in [1.82, 2.24) is 29.4 Å². The van der Waals surface area contributed by atoms with Gasteiger partial charge in [-0.2, -0.15) is 13.5 Å². The first-order valence-electron chi connectivity index (χ1n) is 9.39. The highest BCUT2D eigenvalue weighted by Gasteiger charge is 2.54. The van der Waals surface area contributed by atoms with Gasteiger partial charge in [0.15, 0.2) is 10.8 Å². The Morgan fingerprint density at radius 2 is 2.09 bits per heavy atom. The molecule has 1 unspecified atom stereocenters. The summed E-state index contributed by atoms with van der Waals surface area (Å²) in [6.45, 7) is 3.75. The number of hydrogen-bond acceptors (Lipinski definition) is 12. The van der Waals surface area contributed by atoms with Crippen molar-refractivity contribution >= 4 is 50.3 Å². The second-order valence-corrected chi connectivity index (χ2v) is 9.74. The topological polar surface area (TPSA) is 232 Å². The Balaban J connectivity index is 1.89. The van der Waals surface area contributed by atoms with Gasteiger partial charge in [0.25, 0.3) is 11.8 Å². The summed E-state index contributed by atoms with van der Waals surface area (Å²) in [5.41, 5.74) is 3.22. The van der Waals surface area contributed by atoms with E-state index in [2.05, 4.69) is 25.5 Å². The number of aliphatic carboxylic acids is 1. The first kappa shape index (κ1) is 25.0. The number of amides is 2. The molecule has 3 rings (SSSR count). The average Bonchev–Trinajstić information content (AvgIpc) is 3.32. The lowest BCUT2D eigenvalue weighted by atomic mass is 9.98. The summed E-state index contributed by atoms with van der Waals surface area (Å²) in [7, 11) is -4.93. The molecule has 2 atom stereocenters. The number of aromatic nitrogens is 4. The Morgan fingerprint density at radius 1 is 1.41 bits per heavy atom. The number of rotatable bonds is 9. The highest BCUT2D eigenvalue weighted by molar-refractivity contribution is 7.84. The lowest BCUT2D eigenvalue weighted by Gasteiger charge is -2.43. The summed E-state index contributed by atoms with van der Waals surface area (Å²) in [6.07, 6.45) is 1.28. The quantitative estimate of drug-likeness (QED) is 0.128. The fourth-order valence-corrected chi connectivity index (χ4v) is 4.24. The van der Waals surface area contributed by atoms with Gasteiger partial charge in [-0.15, -0.1) is 11.3 Å². The van der Waals surface area contributed by atoms with Gasteiger partial charge in [0.1, 0.15) is 23.9 Å². The second-order valence-electron chi connectivity index (χ2n) is 7.56. The molecule has 0 saturated carbocycles. The van der Waals surface area contributed by atoms with E-state index in [1.54, 1.807) is 6.92 Å². The van der Waals surface area contributed by atoms with E-state index in [4.69, 9.17) is 10.6 Å². The molecule has 2 aromatic heterocycles. The van der Waals surface area contributed by atoms with E-state index in [-0.39, 0.29) is 21.7 Å². The minimum Gasteiger partial charge on any atom is -0.478 e. The Kier molecular flexibility index (Phi) is 6.58. The van der Waals surface area contributed by atoms with E-state index in [1.807, 2.05) is 0 Å². The molecule has 18 heteroatoms. The van der Waals surface area contributed by atoms with Gasteiger partial charge in [-0.3, -0.25) is 18.8 Å². The second kappa shape index (κ2) is 8.95. The number of carbonyl (C=O) groups excluding carboxylic acids is 2. The van der Waals surface area contributed by atoms with E-state index >= 15 is 0 Å². The van der Waals surface area contributed by atoms with E-state index in [0.29, 0.717) is 5.82 Å². The first-order valence-corrected chi connectivity index (χ1v) is 11.7. The van der Waals surface area contributed by atoms with Crippen LogP contribution < -0.4 is 11.1 Å². The zero-order valence-corrected chi connectivity index (χ0v) is 19.6. The number of aryl methyl sites for hydroxylation is 1. The summed E-state index contributed by atoms with van der Waals surface area (Å²) in [6, 6.07) is -2.65. The molecule has 184 valence electrons. The van der Waals surface area contributed by atoms with E-state index in [0.717, 1.165) is 11.3 Å². The molecule has 34 heavy (non-hydrogen) atoms. The molecule has 1 saturated heterocycles. The van der Waals surface area contributed by atoms with Gasteiger partial charge in [-0.1, -0.05) is 5.16 Å². The maximum atomic E-state index is 13.0. The van der Waals surface area contributed by atoms with Crippen LogP contribution in [0.25, 0.3) is 0 Å². The molecule has 1 aliphatic heterocycles. The average molecular weight is 517 g/mol. The molecule has 0 aliphatic carbocycles. The molecular weight excluding hydrogens is 496 g/mol. The van der Waals surface area contributed by atoms with Crippen molar-refractivity contribution in [2.75, 3.05) is 5.73 Å². The molecular formula is C16H20N8O8S2. The van der Waals surface area contributed by atoms with Crippen LogP contribution in [0.1, 0.15) is 25.4 Å². The Bertz CT molecular complexity index is 1270. The van der Waals surface area contributed by atoms with Crippen LogP contribution in [0.3, 0.4) is 0 Å². The Hall–Kier alpha value is -3.64. The number of nitrogens with zero attached hydrogens (tertiary/aromatic N) is 6. The molecule has 3 heterocycles. The Labute approximate surface area is 196 Å². The van der Waals surface area contributed by atoms with Crippen LogP contribution in [0.2, 0.25) is 0 Å². The largest absolute Gasteiger partial charge is 0.478 e. The molecule has 0 spiro atoms. The van der Waals surface area contributed by atoms with Gasteiger partial charge in [0.2, 0.25) is 5.60 Å². The van der Waals surface area contributed by atoms with Crippen LogP contribution in [0.15, 0.2) is 16.9 Å². The zero-order valence-electron chi connectivity index (χ0n) is 17.9. The number of hydrogen-bond donors (Lipinski definition) is 4. The number of oxime groups is 1. The highest BCUT2D eigenvalue weighted by atomic mass is 32.2. The minimum absolute atomic E-state index is 0.0666. The summed E-state index contributed by atoms with van der Waals surface area (Å²) in [5.74, 6) is -3.13. The third-order valence-electron chi connectivity index (χ3n) is 4.59. The number of anilines is 1. The van der Waals surface area contributed by atoms with Gasteiger partial charge in [0.05, 0.1) is 12.6 Å². The van der Waals surface area contributed by atoms with Gasteiger partial charge in [-0.05, 0) is 20.8 Å². The highest BCUT2D eigenvalue weighted by Crippen LogP contribution is 2.25. The SMILES string of the molecule is Cc1ncn(C[C@H]2C(NC(=O)/C(=N\OC(C)(C)C(=O)O)c3csc(N)n3)C(=O)N2S(=O)(=O)O)n1. The molecule has 2 amide bonds. The predicted octanol–water partition coefficient (Wildman–Crippen LogP) is -1.59. The van der Waals surface area contributed by atoms with Crippen LogP contribution in [0.5, 0.6) is 0 Å². The number of thiazole rings is 1. The van der Waals surface area contributed by atoms with Crippen LogP contribution in [-0.4, -0.2) is 83.3 Å². The van der Waals surface area contributed by atoms with Crippen LogP contribution >= 0.6 is 11.3 Å². The van der Waals surface area contributed by atoms with Crippen molar-refractivity contribution in [3.63, 3.8) is 0 Å². The Morgan fingerprint density at radius 3 is 2.59 bits per heavy atom. The van der Waals surface area contributed by atoms with Crippen molar-refractivity contribution in [3.05, 3.63) is 23.2 Å². The number of carboxylic acids is 1. The first-order chi connectivity index (χ1) is 15.7. The van der Waals surface area contributed by atoms with E-state index < -0.39 is 51.5 Å². The summed E-state index contributed by atoms with van der Waals surface area (Å²) < 4.78 is 34.2. The standard InChI is InChI=1S/C16H20N8O8S2/c1-7-18-6-23(21-7)4-9-11(13(26)24(9)34(29,30)31)20-12(25)10(8-5-33-15(17)19-8)22-32-16(2,3)14(27)28/h5-6,9,11H,4H2,1-3H3,(H2,17,19)(H,20,25)(H,27,28)(H,29,30,31)/b22-10-/t9-,11?/m0/s1. The molecule has 0 aromatic carbocycles. The van der Waals surface area contributed by atoms with E-state index in [9.17, 15) is 32.5 Å². The minimum atomic E-state index is -4.93. The van der Waals surface area contributed by atoms with Crippen molar-refractivity contribution in [2.24, 2.45) is 5.16 Å². The number of nitrogen functional groups attached to an aromatic ring is 1. The van der Waals surface area contributed by atoms with Crippen molar-refractivity contribution in [2.45, 2.75) is 45.0 Å².